The van der Waals surface area contributed by atoms with E-state index in [1.54, 1.807) is 0 Å². The lowest BCUT2D eigenvalue weighted by atomic mass is 9.98. The molecule has 1 heteroatoms. The van der Waals surface area contributed by atoms with Crippen LogP contribution in [-0.2, 0) is 12.8 Å². The van der Waals surface area contributed by atoms with Gasteiger partial charge in [0.25, 0.3) is 0 Å². The Kier molecular flexibility index (Phi) is 3.07. The fraction of sp³-hybridized carbons (Fsp3) is 0.583. The van der Waals surface area contributed by atoms with Gasteiger partial charge in [-0.2, -0.15) is 0 Å². The van der Waals surface area contributed by atoms with Crippen LogP contribution in [0.4, 0.5) is 0 Å². The highest BCUT2D eigenvalue weighted by Gasteiger charge is 2.08. The molecule has 0 aliphatic rings. The Morgan fingerprint density at radius 2 is 1.54 bits per heavy atom. The zero-order valence-electron chi connectivity index (χ0n) is 9.36. The van der Waals surface area contributed by atoms with Crippen LogP contribution in [0.5, 0.6) is 0 Å². The van der Waals surface area contributed by atoms with Crippen molar-refractivity contribution in [3.63, 3.8) is 0 Å². The van der Waals surface area contributed by atoms with Crippen molar-refractivity contribution in [3.05, 3.63) is 28.1 Å². The van der Waals surface area contributed by atoms with E-state index in [-0.39, 0.29) is 0 Å². The Morgan fingerprint density at radius 3 is 2.00 bits per heavy atom. The van der Waals surface area contributed by atoms with Crippen LogP contribution < -0.4 is 0 Å². The summed E-state index contributed by atoms with van der Waals surface area (Å²) >= 11 is 0. The van der Waals surface area contributed by atoms with E-state index in [1.807, 2.05) is 0 Å². The molecule has 0 radical (unpaired) electrons. The molecule has 13 heavy (non-hydrogen) atoms. The standard InChI is InChI=1S/C12H19N/c1-6-11-8(3)9(4)12(7-2)13-10(11)5/h6-7H2,1-5H3. The molecule has 0 unspecified atom stereocenters. The molecule has 1 aromatic rings. The largest absolute Gasteiger partial charge is 0.258 e. The topological polar surface area (TPSA) is 12.9 Å². The summed E-state index contributed by atoms with van der Waals surface area (Å²) < 4.78 is 0. The summed E-state index contributed by atoms with van der Waals surface area (Å²) in [7, 11) is 0. The molecule has 0 saturated heterocycles. The number of pyridine rings is 1. The predicted octanol–water partition coefficient (Wildman–Crippen LogP) is 3.13. The zero-order valence-corrected chi connectivity index (χ0v) is 9.36. The number of aryl methyl sites for hydroxylation is 2. The van der Waals surface area contributed by atoms with Gasteiger partial charge in [-0.3, -0.25) is 4.98 Å². The molecule has 0 amide bonds. The normalized spacial score (nSPS) is 10.5. The molecule has 1 nitrogen and oxygen atoms in total. The first-order valence-electron chi connectivity index (χ1n) is 5.07. The van der Waals surface area contributed by atoms with E-state index in [2.05, 4.69) is 39.6 Å². The van der Waals surface area contributed by atoms with Gasteiger partial charge in [0.2, 0.25) is 0 Å². The zero-order chi connectivity index (χ0) is 10.0. The minimum atomic E-state index is 1.04. The van der Waals surface area contributed by atoms with Crippen molar-refractivity contribution in [2.45, 2.75) is 47.5 Å². The number of hydrogen-bond acceptors (Lipinski definition) is 1. The van der Waals surface area contributed by atoms with Crippen LogP contribution in [-0.4, -0.2) is 4.98 Å². The summed E-state index contributed by atoms with van der Waals surface area (Å²) in [6.07, 6.45) is 2.13. The molecule has 1 heterocycles. The highest BCUT2D eigenvalue weighted by molar-refractivity contribution is 5.38. The van der Waals surface area contributed by atoms with Crippen LogP contribution in [0, 0.1) is 20.8 Å². The van der Waals surface area contributed by atoms with E-state index in [1.165, 1.54) is 28.1 Å². The average Bonchev–Trinajstić information content (AvgIpc) is 2.12. The second-order valence-corrected chi connectivity index (χ2v) is 3.58. The molecule has 0 atom stereocenters. The van der Waals surface area contributed by atoms with Gasteiger partial charge in [0, 0.05) is 11.4 Å². The fourth-order valence-electron chi connectivity index (χ4n) is 1.93. The van der Waals surface area contributed by atoms with Crippen molar-refractivity contribution in [3.8, 4) is 0 Å². The van der Waals surface area contributed by atoms with Crippen molar-refractivity contribution in [2.24, 2.45) is 0 Å². The second kappa shape index (κ2) is 3.91. The summed E-state index contributed by atoms with van der Waals surface area (Å²) in [5.41, 5.74) is 6.71. The third-order valence-electron chi connectivity index (χ3n) is 2.88. The highest BCUT2D eigenvalue weighted by Crippen LogP contribution is 2.19. The molecule has 0 aliphatic heterocycles. The van der Waals surface area contributed by atoms with Gasteiger partial charge in [-0.15, -0.1) is 0 Å². The summed E-state index contributed by atoms with van der Waals surface area (Å²) in [5, 5.41) is 0. The summed E-state index contributed by atoms with van der Waals surface area (Å²) in [6.45, 7) is 10.9. The molecular weight excluding hydrogens is 158 g/mol. The Bertz CT molecular complexity index is 313. The van der Waals surface area contributed by atoms with Crippen molar-refractivity contribution < 1.29 is 0 Å². The van der Waals surface area contributed by atoms with Crippen molar-refractivity contribution >= 4 is 0 Å². The maximum atomic E-state index is 4.62. The number of rotatable bonds is 2. The highest BCUT2D eigenvalue weighted by atomic mass is 14.7. The summed E-state index contributed by atoms with van der Waals surface area (Å²) in [5.74, 6) is 0. The van der Waals surface area contributed by atoms with E-state index in [4.69, 9.17) is 0 Å². The quantitative estimate of drug-likeness (QED) is 0.676. The monoisotopic (exact) mass is 177 g/mol. The third-order valence-corrected chi connectivity index (χ3v) is 2.88. The molecule has 0 bridgehead atoms. The molecule has 1 aromatic heterocycles. The first-order chi connectivity index (χ1) is 6.11. The molecule has 0 spiro atoms. The number of hydrogen-bond donors (Lipinski definition) is 0. The van der Waals surface area contributed by atoms with E-state index < -0.39 is 0 Å². The van der Waals surface area contributed by atoms with Gasteiger partial charge >= 0.3 is 0 Å². The van der Waals surface area contributed by atoms with Gasteiger partial charge < -0.3 is 0 Å². The second-order valence-electron chi connectivity index (χ2n) is 3.58. The lowest BCUT2D eigenvalue weighted by Gasteiger charge is -2.13. The van der Waals surface area contributed by atoms with Crippen LogP contribution in [0.25, 0.3) is 0 Å². The van der Waals surface area contributed by atoms with Crippen molar-refractivity contribution in [1.82, 2.24) is 4.98 Å². The Balaban J connectivity index is 3.37. The van der Waals surface area contributed by atoms with E-state index in [0.29, 0.717) is 0 Å². The van der Waals surface area contributed by atoms with Crippen molar-refractivity contribution in [2.75, 3.05) is 0 Å². The minimum absolute atomic E-state index is 1.04. The molecule has 0 saturated carbocycles. The lowest BCUT2D eigenvalue weighted by Crippen LogP contribution is -2.03. The van der Waals surface area contributed by atoms with Crippen LogP contribution in [0.15, 0.2) is 0 Å². The van der Waals surface area contributed by atoms with Gasteiger partial charge in [0.05, 0.1) is 0 Å². The SMILES string of the molecule is CCc1nc(C)c(CC)c(C)c1C. The van der Waals surface area contributed by atoms with Gasteiger partial charge in [-0.1, -0.05) is 13.8 Å². The molecule has 72 valence electrons. The van der Waals surface area contributed by atoms with Gasteiger partial charge in [0.1, 0.15) is 0 Å². The predicted molar refractivity (Wildman–Crippen MR) is 57.2 cm³/mol. The van der Waals surface area contributed by atoms with Gasteiger partial charge in [-0.05, 0) is 50.3 Å². The van der Waals surface area contributed by atoms with Crippen LogP contribution in [0.1, 0.15) is 41.9 Å². The third kappa shape index (κ3) is 1.74. The summed E-state index contributed by atoms with van der Waals surface area (Å²) in [6, 6.07) is 0. The molecule has 0 N–H and O–H groups in total. The molecule has 1 rings (SSSR count). The van der Waals surface area contributed by atoms with Crippen LogP contribution in [0.3, 0.4) is 0 Å². The van der Waals surface area contributed by atoms with E-state index in [0.717, 1.165) is 12.8 Å². The van der Waals surface area contributed by atoms with Crippen molar-refractivity contribution in [1.29, 1.82) is 0 Å². The average molecular weight is 177 g/mol. The summed E-state index contributed by atoms with van der Waals surface area (Å²) in [4.78, 5) is 4.62. The van der Waals surface area contributed by atoms with Crippen LogP contribution in [0.2, 0.25) is 0 Å². The Hall–Kier alpha value is -0.850. The molecular formula is C12H19N. The van der Waals surface area contributed by atoms with E-state index in [9.17, 15) is 0 Å². The maximum absolute atomic E-state index is 4.62. The molecule has 0 aromatic carbocycles. The fourth-order valence-corrected chi connectivity index (χ4v) is 1.93. The first-order valence-corrected chi connectivity index (χ1v) is 5.07. The van der Waals surface area contributed by atoms with Crippen LogP contribution >= 0.6 is 0 Å². The Labute approximate surface area is 81.2 Å². The number of aromatic nitrogens is 1. The maximum Gasteiger partial charge on any atom is 0.0436 e. The number of nitrogens with zero attached hydrogens (tertiary/aromatic N) is 1. The van der Waals surface area contributed by atoms with Gasteiger partial charge in [-0.25, -0.2) is 0 Å². The molecule has 0 aliphatic carbocycles. The van der Waals surface area contributed by atoms with E-state index >= 15 is 0 Å². The van der Waals surface area contributed by atoms with Gasteiger partial charge in [0.15, 0.2) is 0 Å². The lowest BCUT2D eigenvalue weighted by molar-refractivity contribution is 0.926. The molecule has 0 fully saturated rings. The minimum Gasteiger partial charge on any atom is -0.258 e. The first kappa shape index (κ1) is 10.2. The Morgan fingerprint density at radius 1 is 0.923 bits per heavy atom. The smallest absolute Gasteiger partial charge is 0.0436 e.